The molecule has 3 aromatic heterocycles. The van der Waals surface area contributed by atoms with Crippen molar-refractivity contribution in [2.45, 2.75) is 0 Å². The standard InChI is InChI=1S/C15H10FN3O4S/c16-9-3-4-12(17-6-9)19-13(20)8-23-15(21)11-7-18-14(24-11)10-2-1-5-22-10/h1-7H,8H2,(H,17,19,20). The summed E-state index contributed by atoms with van der Waals surface area (Å²) in [5.74, 6) is -1.07. The Morgan fingerprint density at radius 1 is 1.25 bits per heavy atom. The summed E-state index contributed by atoms with van der Waals surface area (Å²) in [7, 11) is 0. The molecule has 1 N–H and O–H groups in total. The Hall–Kier alpha value is -3.07. The second-order valence-electron chi connectivity index (χ2n) is 4.49. The van der Waals surface area contributed by atoms with E-state index < -0.39 is 24.3 Å². The summed E-state index contributed by atoms with van der Waals surface area (Å²) in [6, 6.07) is 5.88. The molecule has 122 valence electrons. The molecule has 9 heteroatoms. The number of furan rings is 1. The second-order valence-corrected chi connectivity index (χ2v) is 5.52. The van der Waals surface area contributed by atoms with Gasteiger partial charge in [-0.1, -0.05) is 0 Å². The summed E-state index contributed by atoms with van der Waals surface area (Å²) in [6.07, 6.45) is 3.82. The molecule has 0 atom stereocenters. The van der Waals surface area contributed by atoms with Gasteiger partial charge in [-0.2, -0.15) is 0 Å². The van der Waals surface area contributed by atoms with E-state index in [4.69, 9.17) is 9.15 Å². The van der Waals surface area contributed by atoms with E-state index in [0.717, 1.165) is 23.6 Å². The molecule has 0 fully saturated rings. The lowest BCUT2D eigenvalue weighted by molar-refractivity contribution is -0.119. The Labute approximate surface area is 139 Å². The lowest BCUT2D eigenvalue weighted by Crippen LogP contribution is -2.21. The van der Waals surface area contributed by atoms with Crippen LogP contribution < -0.4 is 5.32 Å². The number of hydrogen-bond acceptors (Lipinski definition) is 7. The van der Waals surface area contributed by atoms with Crippen LogP contribution in [-0.2, 0) is 9.53 Å². The maximum Gasteiger partial charge on any atom is 0.350 e. The van der Waals surface area contributed by atoms with Gasteiger partial charge in [0.15, 0.2) is 17.4 Å². The number of rotatable bonds is 5. The average molecular weight is 347 g/mol. The lowest BCUT2D eigenvalue weighted by Gasteiger charge is -2.04. The van der Waals surface area contributed by atoms with Gasteiger partial charge in [-0.15, -0.1) is 11.3 Å². The summed E-state index contributed by atoms with van der Waals surface area (Å²) in [5, 5.41) is 2.92. The molecule has 3 rings (SSSR count). The third-order valence-electron chi connectivity index (χ3n) is 2.77. The average Bonchev–Trinajstić information content (AvgIpc) is 3.25. The summed E-state index contributed by atoms with van der Waals surface area (Å²) in [6.45, 7) is -0.494. The number of nitrogens with one attached hydrogen (secondary N) is 1. The van der Waals surface area contributed by atoms with E-state index in [1.807, 2.05) is 0 Å². The summed E-state index contributed by atoms with van der Waals surface area (Å²) >= 11 is 1.09. The van der Waals surface area contributed by atoms with Gasteiger partial charge in [0.25, 0.3) is 5.91 Å². The predicted molar refractivity (Wildman–Crippen MR) is 82.9 cm³/mol. The summed E-state index contributed by atoms with van der Waals surface area (Å²) in [4.78, 5) is 31.6. The zero-order valence-corrected chi connectivity index (χ0v) is 12.9. The maximum atomic E-state index is 12.7. The van der Waals surface area contributed by atoms with E-state index >= 15 is 0 Å². The van der Waals surface area contributed by atoms with Gasteiger partial charge in [-0.05, 0) is 24.3 Å². The molecule has 0 aliphatic carbocycles. The van der Waals surface area contributed by atoms with Crippen LogP contribution in [0.4, 0.5) is 10.2 Å². The van der Waals surface area contributed by atoms with E-state index in [2.05, 4.69) is 15.3 Å². The number of esters is 1. The van der Waals surface area contributed by atoms with Gasteiger partial charge in [0.2, 0.25) is 0 Å². The highest BCUT2D eigenvalue weighted by Gasteiger charge is 2.16. The number of hydrogen-bond donors (Lipinski definition) is 1. The zero-order valence-electron chi connectivity index (χ0n) is 12.1. The Bertz CT molecular complexity index is 846. The van der Waals surface area contributed by atoms with Crippen LogP contribution in [0.25, 0.3) is 10.8 Å². The van der Waals surface area contributed by atoms with Crippen LogP contribution in [-0.4, -0.2) is 28.5 Å². The predicted octanol–water partition coefficient (Wildman–Crippen LogP) is 2.73. The Kier molecular flexibility index (Phi) is 4.62. The molecule has 0 spiro atoms. The number of amides is 1. The quantitative estimate of drug-likeness (QED) is 0.713. The highest BCUT2D eigenvalue weighted by Crippen LogP contribution is 2.25. The van der Waals surface area contributed by atoms with Gasteiger partial charge < -0.3 is 14.5 Å². The number of aromatic nitrogens is 2. The van der Waals surface area contributed by atoms with Gasteiger partial charge in [0, 0.05) is 0 Å². The van der Waals surface area contributed by atoms with Crippen LogP contribution in [0.15, 0.2) is 47.3 Å². The van der Waals surface area contributed by atoms with Crippen LogP contribution in [0, 0.1) is 5.82 Å². The fourth-order valence-corrected chi connectivity index (χ4v) is 2.49. The minimum absolute atomic E-state index is 0.162. The number of carbonyl (C=O) groups is 2. The van der Waals surface area contributed by atoms with Crippen molar-refractivity contribution in [2.24, 2.45) is 0 Å². The molecule has 0 aromatic carbocycles. The zero-order chi connectivity index (χ0) is 16.9. The van der Waals surface area contributed by atoms with Gasteiger partial charge in [-0.25, -0.2) is 19.2 Å². The van der Waals surface area contributed by atoms with Gasteiger partial charge in [-0.3, -0.25) is 4.79 Å². The minimum Gasteiger partial charge on any atom is -0.462 e. The third-order valence-corrected chi connectivity index (χ3v) is 3.76. The first kappa shape index (κ1) is 15.8. The summed E-state index contributed by atoms with van der Waals surface area (Å²) in [5.41, 5.74) is 0. The smallest absolute Gasteiger partial charge is 0.350 e. The largest absolute Gasteiger partial charge is 0.462 e. The van der Waals surface area contributed by atoms with Crippen molar-refractivity contribution in [2.75, 3.05) is 11.9 Å². The van der Waals surface area contributed by atoms with Crippen molar-refractivity contribution in [3.05, 3.63) is 53.6 Å². The van der Waals surface area contributed by atoms with Gasteiger partial charge in [0.1, 0.15) is 16.5 Å². The molecule has 3 aromatic rings. The normalized spacial score (nSPS) is 10.4. The van der Waals surface area contributed by atoms with E-state index in [0.29, 0.717) is 10.8 Å². The van der Waals surface area contributed by atoms with Crippen LogP contribution in [0.3, 0.4) is 0 Å². The Balaban J connectivity index is 1.53. The Morgan fingerprint density at radius 2 is 2.12 bits per heavy atom. The SMILES string of the molecule is O=C(COC(=O)c1cnc(-c2ccco2)s1)Nc1ccc(F)cn1. The van der Waals surface area contributed by atoms with Crippen molar-refractivity contribution in [3.8, 4) is 10.8 Å². The lowest BCUT2D eigenvalue weighted by atomic mass is 10.4. The fourth-order valence-electron chi connectivity index (χ4n) is 1.71. The number of nitrogens with zero attached hydrogens (tertiary/aromatic N) is 2. The van der Waals surface area contributed by atoms with E-state index in [1.54, 1.807) is 12.1 Å². The number of ether oxygens (including phenoxy) is 1. The fraction of sp³-hybridized carbons (Fsp3) is 0.0667. The number of pyridine rings is 1. The first-order chi connectivity index (χ1) is 11.6. The number of thiazole rings is 1. The van der Waals surface area contributed by atoms with Crippen LogP contribution in [0.2, 0.25) is 0 Å². The van der Waals surface area contributed by atoms with Crippen molar-refractivity contribution in [3.63, 3.8) is 0 Å². The van der Waals surface area contributed by atoms with Crippen molar-refractivity contribution in [1.82, 2.24) is 9.97 Å². The van der Waals surface area contributed by atoms with Gasteiger partial charge >= 0.3 is 5.97 Å². The van der Waals surface area contributed by atoms with Crippen LogP contribution >= 0.6 is 11.3 Å². The highest BCUT2D eigenvalue weighted by atomic mass is 32.1. The van der Waals surface area contributed by atoms with Crippen LogP contribution in [0.5, 0.6) is 0 Å². The topological polar surface area (TPSA) is 94.3 Å². The van der Waals surface area contributed by atoms with Crippen molar-refractivity contribution >= 4 is 29.0 Å². The molecule has 0 saturated heterocycles. The first-order valence-electron chi connectivity index (χ1n) is 6.70. The van der Waals surface area contributed by atoms with Gasteiger partial charge in [0.05, 0.1) is 18.7 Å². The monoisotopic (exact) mass is 347 g/mol. The van der Waals surface area contributed by atoms with Crippen molar-refractivity contribution in [1.29, 1.82) is 0 Å². The molecular formula is C15H10FN3O4S. The molecule has 3 heterocycles. The molecule has 0 aliphatic rings. The molecular weight excluding hydrogens is 337 g/mol. The van der Waals surface area contributed by atoms with E-state index in [-0.39, 0.29) is 10.7 Å². The molecule has 0 bridgehead atoms. The minimum atomic E-state index is -0.674. The maximum absolute atomic E-state index is 12.7. The number of carbonyl (C=O) groups excluding carboxylic acids is 2. The summed E-state index contributed by atoms with van der Waals surface area (Å²) < 4.78 is 22.8. The molecule has 0 aliphatic heterocycles. The Morgan fingerprint density at radius 3 is 2.83 bits per heavy atom. The molecule has 0 radical (unpaired) electrons. The molecule has 24 heavy (non-hydrogen) atoms. The number of anilines is 1. The van der Waals surface area contributed by atoms with E-state index in [9.17, 15) is 14.0 Å². The first-order valence-corrected chi connectivity index (χ1v) is 7.52. The van der Waals surface area contributed by atoms with E-state index in [1.165, 1.54) is 18.5 Å². The third kappa shape index (κ3) is 3.82. The number of halogens is 1. The van der Waals surface area contributed by atoms with Crippen molar-refractivity contribution < 1.29 is 23.1 Å². The molecule has 7 nitrogen and oxygen atoms in total. The highest BCUT2D eigenvalue weighted by molar-refractivity contribution is 7.16. The molecule has 1 amide bonds. The molecule has 0 unspecified atom stereocenters. The molecule has 0 saturated carbocycles. The second kappa shape index (κ2) is 7.01. The van der Waals surface area contributed by atoms with Crippen LogP contribution in [0.1, 0.15) is 9.67 Å².